The van der Waals surface area contributed by atoms with Gasteiger partial charge in [-0.05, 0) is 29.5 Å². The molecule has 1 N–H and O–H groups in total. The third-order valence-electron chi connectivity index (χ3n) is 3.69. The highest BCUT2D eigenvalue weighted by Crippen LogP contribution is 2.30. The number of aromatic nitrogens is 4. The SMILES string of the molecule is COc1cccc2cc(C(C)NC(=O)CCSc3nnnn3C)oc12. The van der Waals surface area contributed by atoms with Crippen LogP contribution in [0.5, 0.6) is 5.75 Å². The molecule has 8 nitrogen and oxygen atoms in total. The van der Waals surface area contributed by atoms with Crippen LogP contribution in [0, 0.1) is 0 Å². The minimum atomic E-state index is -0.230. The Morgan fingerprint density at radius 3 is 3.04 bits per heavy atom. The van der Waals surface area contributed by atoms with Gasteiger partial charge in [0.2, 0.25) is 11.1 Å². The number of benzene rings is 1. The van der Waals surface area contributed by atoms with Gasteiger partial charge in [-0.3, -0.25) is 4.79 Å². The minimum absolute atomic E-state index is 0.0532. The monoisotopic (exact) mass is 361 g/mol. The molecule has 1 amide bonds. The summed E-state index contributed by atoms with van der Waals surface area (Å²) < 4.78 is 12.7. The molecular formula is C16H19N5O3S. The third kappa shape index (κ3) is 3.93. The lowest BCUT2D eigenvalue weighted by atomic mass is 10.2. The summed E-state index contributed by atoms with van der Waals surface area (Å²) in [4.78, 5) is 12.1. The van der Waals surface area contributed by atoms with Crippen molar-refractivity contribution in [3.63, 3.8) is 0 Å². The zero-order valence-electron chi connectivity index (χ0n) is 14.2. The van der Waals surface area contributed by atoms with Gasteiger partial charge in [0.25, 0.3) is 0 Å². The van der Waals surface area contributed by atoms with Crippen LogP contribution < -0.4 is 10.1 Å². The van der Waals surface area contributed by atoms with Gasteiger partial charge < -0.3 is 14.5 Å². The van der Waals surface area contributed by atoms with E-state index in [9.17, 15) is 4.79 Å². The van der Waals surface area contributed by atoms with E-state index in [0.29, 0.717) is 34.4 Å². The molecule has 25 heavy (non-hydrogen) atoms. The molecule has 0 aliphatic rings. The molecular weight excluding hydrogens is 342 g/mol. The number of para-hydroxylation sites is 1. The van der Waals surface area contributed by atoms with Gasteiger partial charge in [0.05, 0.1) is 13.2 Å². The number of hydrogen-bond acceptors (Lipinski definition) is 7. The first kappa shape index (κ1) is 17.3. The van der Waals surface area contributed by atoms with Crippen LogP contribution in [-0.2, 0) is 11.8 Å². The van der Waals surface area contributed by atoms with Gasteiger partial charge in [0.1, 0.15) is 5.76 Å². The quantitative estimate of drug-likeness (QED) is 0.645. The van der Waals surface area contributed by atoms with Crippen molar-refractivity contribution < 1.29 is 13.9 Å². The van der Waals surface area contributed by atoms with Crippen LogP contribution in [0.25, 0.3) is 11.0 Å². The maximum absolute atomic E-state index is 12.1. The van der Waals surface area contributed by atoms with E-state index in [0.717, 1.165) is 5.39 Å². The van der Waals surface area contributed by atoms with Crippen molar-refractivity contribution in [2.75, 3.05) is 12.9 Å². The third-order valence-corrected chi connectivity index (χ3v) is 4.71. The van der Waals surface area contributed by atoms with Gasteiger partial charge in [0, 0.05) is 24.6 Å². The molecule has 2 aromatic heterocycles. The lowest BCUT2D eigenvalue weighted by molar-refractivity contribution is -0.121. The Balaban J connectivity index is 1.57. The number of aryl methyl sites for hydroxylation is 1. The van der Waals surface area contributed by atoms with Crippen molar-refractivity contribution in [3.8, 4) is 5.75 Å². The normalized spacial score (nSPS) is 12.3. The molecule has 132 valence electrons. The molecule has 0 bridgehead atoms. The average Bonchev–Trinajstić information content (AvgIpc) is 3.21. The number of fused-ring (bicyclic) bond motifs is 1. The van der Waals surface area contributed by atoms with E-state index in [2.05, 4.69) is 20.8 Å². The highest BCUT2D eigenvalue weighted by Gasteiger charge is 2.16. The van der Waals surface area contributed by atoms with Crippen molar-refractivity contribution in [2.24, 2.45) is 7.05 Å². The largest absolute Gasteiger partial charge is 0.493 e. The van der Waals surface area contributed by atoms with Crippen molar-refractivity contribution in [2.45, 2.75) is 24.5 Å². The summed E-state index contributed by atoms with van der Waals surface area (Å²) in [6.45, 7) is 1.89. The molecule has 2 heterocycles. The summed E-state index contributed by atoms with van der Waals surface area (Å²) in [5.41, 5.74) is 0.687. The second kappa shape index (κ2) is 7.56. The molecule has 0 aliphatic heterocycles. The number of nitrogens with zero attached hydrogens (tertiary/aromatic N) is 4. The molecule has 0 radical (unpaired) electrons. The predicted molar refractivity (Wildman–Crippen MR) is 93.5 cm³/mol. The fourth-order valence-electron chi connectivity index (χ4n) is 2.39. The maximum Gasteiger partial charge on any atom is 0.221 e. The number of furan rings is 1. The van der Waals surface area contributed by atoms with E-state index in [-0.39, 0.29) is 11.9 Å². The lowest BCUT2D eigenvalue weighted by Gasteiger charge is -2.11. The van der Waals surface area contributed by atoms with Crippen molar-refractivity contribution in [1.29, 1.82) is 0 Å². The van der Waals surface area contributed by atoms with Crippen LogP contribution in [0.4, 0.5) is 0 Å². The predicted octanol–water partition coefficient (Wildman–Crippen LogP) is 2.32. The van der Waals surface area contributed by atoms with Crippen molar-refractivity contribution in [3.05, 3.63) is 30.0 Å². The number of methoxy groups -OCH3 is 1. The molecule has 3 aromatic rings. The standard InChI is InChI=1S/C16H19N5O3S/c1-10(13-9-11-5-4-6-12(23-3)15(11)24-13)17-14(22)7-8-25-16-18-19-20-21(16)2/h4-6,9-10H,7-8H2,1-3H3,(H,17,22). The summed E-state index contributed by atoms with van der Waals surface area (Å²) in [6, 6.07) is 7.39. The van der Waals surface area contributed by atoms with Gasteiger partial charge in [-0.2, -0.15) is 0 Å². The molecule has 0 spiro atoms. The summed E-state index contributed by atoms with van der Waals surface area (Å²) in [6.07, 6.45) is 0.366. The number of carbonyl (C=O) groups excluding carboxylic acids is 1. The number of ether oxygens (including phenoxy) is 1. The summed E-state index contributed by atoms with van der Waals surface area (Å²) >= 11 is 1.44. The molecule has 1 atom stereocenters. The Morgan fingerprint density at radius 2 is 2.32 bits per heavy atom. The highest BCUT2D eigenvalue weighted by atomic mass is 32.2. The molecule has 0 aliphatic carbocycles. The van der Waals surface area contributed by atoms with Crippen LogP contribution in [0.1, 0.15) is 25.1 Å². The molecule has 1 unspecified atom stereocenters. The van der Waals surface area contributed by atoms with Gasteiger partial charge in [-0.1, -0.05) is 23.9 Å². The second-order valence-electron chi connectivity index (χ2n) is 5.50. The number of carbonyl (C=O) groups is 1. The number of amides is 1. The second-order valence-corrected chi connectivity index (χ2v) is 6.56. The molecule has 0 fully saturated rings. The number of rotatable bonds is 7. The minimum Gasteiger partial charge on any atom is -0.493 e. The van der Waals surface area contributed by atoms with E-state index in [1.54, 1.807) is 18.8 Å². The Kier molecular flexibility index (Phi) is 5.22. The van der Waals surface area contributed by atoms with Crippen LogP contribution >= 0.6 is 11.8 Å². The number of thioether (sulfide) groups is 1. The summed E-state index contributed by atoms with van der Waals surface area (Å²) in [5, 5.41) is 15.8. The highest BCUT2D eigenvalue weighted by molar-refractivity contribution is 7.99. The Labute approximate surface area is 148 Å². The van der Waals surface area contributed by atoms with Gasteiger partial charge in [0.15, 0.2) is 11.3 Å². The molecule has 0 saturated carbocycles. The maximum atomic E-state index is 12.1. The van der Waals surface area contributed by atoms with Crippen molar-refractivity contribution in [1.82, 2.24) is 25.5 Å². The Bertz CT molecular complexity index is 876. The first-order valence-corrected chi connectivity index (χ1v) is 8.78. The first-order chi connectivity index (χ1) is 12.1. The first-order valence-electron chi connectivity index (χ1n) is 7.79. The zero-order chi connectivity index (χ0) is 17.8. The van der Waals surface area contributed by atoms with Crippen LogP contribution in [-0.4, -0.2) is 39.0 Å². The summed E-state index contributed by atoms with van der Waals surface area (Å²) in [7, 11) is 3.37. The van der Waals surface area contributed by atoms with Gasteiger partial charge in [-0.25, -0.2) is 4.68 Å². The topological polar surface area (TPSA) is 95.1 Å². The average molecular weight is 361 g/mol. The van der Waals surface area contributed by atoms with Gasteiger partial charge >= 0.3 is 0 Å². The van der Waals surface area contributed by atoms with Gasteiger partial charge in [-0.15, -0.1) is 5.10 Å². The van der Waals surface area contributed by atoms with Crippen LogP contribution in [0.15, 0.2) is 33.8 Å². The number of tetrazole rings is 1. The molecule has 0 saturated heterocycles. The van der Waals surface area contributed by atoms with E-state index < -0.39 is 0 Å². The fourth-order valence-corrected chi connectivity index (χ4v) is 3.18. The number of hydrogen-bond donors (Lipinski definition) is 1. The molecule has 1 aromatic carbocycles. The van der Waals surface area contributed by atoms with Crippen LogP contribution in [0.2, 0.25) is 0 Å². The van der Waals surface area contributed by atoms with E-state index in [1.165, 1.54) is 11.8 Å². The summed E-state index contributed by atoms with van der Waals surface area (Å²) in [5.74, 6) is 1.91. The molecule has 3 rings (SSSR count). The lowest BCUT2D eigenvalue weighted by Crippen LogP contribution is -2.26. The Hall–Kier alpha value is -2.55. The number of nitrogens with one attached hydrogen (secondary N) is 1. The Morgan fingerprint density at radius 1 is 1.48 bits per heavy atom. The zero-order valence-corrected chi connectivity index (χ0v) is 15.0. The van der Waals surface area contributed by atoms with Crippen LogP contribution in [0.3, 0.4) is 0 Å². The van der Waals surface area contributed by atoms with Crippen molar-refractivity contribution >= 4 is 28.6 Å². The van der Waals surface area contributed by atoms with E-state index >= 15 is 0 Å². The fraction of sp³-hybridized carbons (Fsp3) is 0.375. The van der Waals surface area contributed by atoms with E-state index in [4.69, 9.17) is 9.15 Å². The smallest absolute Gasteiger partial charge is 0.221 e. The van der Waals surface area contributed by atoms with E-state index in [1.807, 2.05) is 31.2 Å². The molecule has 9 heteroatoms.